The number of nitrogens with one attached hydrogen (secondary N) is 1. The molecule has 0 heterocycles. The first-order valence-electron chi connectivity index (χ1n) is 3.75. The second kappa shape index (κ2) is 9.28. The Morgan fingerprint density at radius 2 is 2.08 bits per heavy atom. The van der Waals surface area contributed by atoms with Crippen LogP contribution in [0.4, 0.5) is 0 Å². The number of carbonyl (C=O) groups is 2. The molecule has 0 radical (unpaired) electrons. The Labute approximate surface area is 82.9 Å². The third-order valence-corrected chi connectivity index (χ3v) is 1.09. The molecule has 0 aliphatic heterocycles. The minimum absolute atomic E-state index is 0. The number of ether oxygens (including phenoxy) is 1. The van der Waals surface area contributed by atoms with Gasteiger partial charge in [-0.05, 0) is 6.92 Å². The Kier molecular flexibility index (Phi) is 10.5. The molecule has 0 spiro atoms. The predicted molar refractivity (Wildman–Crippen MR) is 49.0 cm³/mol. The van der Waals surface area contributed by atoms with Crippen molar-refractivity contribution in [2.75, 3.05) is 19.7 Å². The maximum absolute atomic E-state index is 10.7. The third-order valence-electron chi connectivity index (χ3n) is 1.09. The molecule has 0 atom stereocenters. The average Bonchev–Trinajstić information content (AvgIpc) is 1.98. The van der Waals surface area contributed by atoms with Gasteiger partial charge in [0, 0.05) is 6.54 Å². The minimum Gasteiger partial charge on any atom is -0.481 e. The Morgan fingerprint density at radius 1 is 1.46 bits per heavy atom. The third kappa shape index (κ3) is 11.2. The van der Waals surface area contributed by atoms with Crippen molar-refractivity contribution in [1.29, 1.82) is 0 Å². The Balaban J connectivity index is 0. The first kappa shape index (κ1) is 14.7. The molecule has 0 unspecified atom stereocenters. The Hall–Kier alpha value is -0.810. The molecule has 5 nitrogen and oxygen atoms in total. The summed E-state index contributed by atoms with van der Waals surface area (Å²) in [5, 5.41) is 10.9. The van der Waals surface area contributed by atoms with E-state index in [0.717, 1.165) is 0 Å². The molecule has 0 saturated carbocycles. The number of aliphatic carboxylic acids is 1. The van der Waals surface area contributed by atoms with Crippen LogP contribution in [0, 0.1) is 0 Å². The Bertz CT molecular complexity index is 163. The molecule has 6 heteroatoms. The van der Waals surface area contributed by atoms with Gasteiger partial charge in [0.05, 0.1) is 19.6 Å². The SMILES string of the molecule is CCOC(=O)CNCCC(=O)O.Cl. The molecule has 0 rings (SSSR count). The van der Waals surface area contributed by atoms with E-state index >= 15 is 0 Å². The second-order valence-corrected chi connectivity index (χ2v) is 2.13. The van der Waals surface area contributed by atoms with Gasteiger partial charge in [0.15, 0.2) is 0 Å². The van der Waals surface area contributed by atoms with Gasteiger partial charge in [-0.1, -0.05) is 0 Å². The van der Waals surface area contributed by atoms with Crippen LogP contribution in [-0.2, 0) is 14.3 Å². The van der Waals surface area contributed by atoms with Crippen molar-refractivity contribution in [3.05, 3.63) is 0 Å². The van der Waals surface area contributed by atoms with Crippen molar-refractivity contribution >= 4 is 24.3 Å². The molecule has 0 aliphatic rings. The van der Waals surface area contributed by atoms with E-state index in [-0.39, 0.29) is 37.9 Å². The smallest absolute Gasteiger partial charge is 0.319 e. The summed E-state index contributed by atoms with van der Waals surface area (Å²) >= 11 is 0. The lowest BCUT2D eigenvalue weighted by atomic mass is 10.4. The molecular weight excluding hydrogens is 198 g/mol. The number of carbonyl (C=O) groups excluding carboxylic acids is 1. The van der Waals surface area contributed by atoms with Crippen LogP contribution in [0.1, 0.15) is 13.3 Å². The van der Waals surface area contributed by atoms with Crippen molar-refractivity contribution in [2.24, 2.45) is 0 Å². The lowest BCUT2D eigenvalue weighted by Crippen LogP contribution is -2.26. The molecule has 0 aliphatic carbocycles. The van der Waals surface area contributed by atoms with Gasteiger partial charge in [0.2, 0.25) is 0 Å². The molecule has 78 valence electrons. The molecule has 0 aromatic carbocycles. The lowest BCUT2D eigenvalue weighted by molar-refractivity contribution is -0.142. The molecule has 0 bridgehead atoms. The van der Waals surface area contributed by atoms with Crippen molar-refractivity contribution in [1.82, 2.24) is 5.32 Å². The summed E-state index contributed by atoms with van der Waals surface area (Å²) in [6.07, 6.45) is 0.0133. The van der Waals surface area contributed by atoms with E-state index in [1.165, 1.54) is 0 Å². The van der Waals surface area contributed by atoms with E-state index in [1.807, 2.05) is 0 Å². The Morgan fingerprint density at radius 3 is 2.54 bits per heavy atom. The molecule has 0 amide bonds. The summed E-state index contributed by atoms with van der Waals surface area (Å²) in [6, 6.07) is 0. The zero-order chi connectivity index (χ0) is 9.40. The highest BCUT2D eigenvalue weighted by molar-refractivity contribution is 5.85. The maximum Gasteiger partial charge on any atom is 0.319 e. The molecule has 0 aromatic heterocycles. The summed E-state index contributed by atoms with van der Waals surface area (Å²) < 4.78 is 4.60. The van der Waals surface area contributed by atoms with Crippen molar-refractivity contribution in [2.45, 2.75) is 13.3 Å². The molecule has 0 fully saturated rings. The summed E-state index contributed by atoms with van der Waals surface area (Å²) in [5.74, 6) is -1.24. The van der Waals surface area contributed by atoms with Crippen LogP contribution in [0.5, 0.6) is 0 Å². The zero-order valence-electron chi connectivity index (χ0n) is 7.41. The van der Waals surface area contributed by atoms with E-state index in [1.54, 1.807) is 6.92 Å². The number of hydrogen-bond acceptors (Lipinski definition) is 4. The van der Waals surface area contributed by atoms with Crippen molar-refractivity contribution in [3.63, 3.8) is 0 Å². The van der Waals surface area contributed by atoms with Crippen LogP contribution in [0.2, 0.25) is 0 Å². The summed E-state index contributed by atoms with van der Waals surface area (Å²) in [5.41, 5.74) is 0. The maximum atomic E-state index is 10.7. The van der Waals surface area contributed by atoms with Gasteiger partial charge in [-0.3, -0.25) is 9.59 Å². The van der Waals surface area contributed by atoms with Crippen LogP contribution in [-0.4, -0.2) is 36.7 Å². The van der Waals surface area contributed by atoms with Gasteiger partial charge >= 0.3 is 11.9 Å². The average molecular weight is 212 g/mol. The number of carboxylic acids is 1. The number of halogens is 1. The second-order valence-electron chi connectivity index (χ2n) is 2.13. The summed E-state index contributed by atoms with van der Waals surface area (Å²) in [4.78, 5) is 20.7. The van der Waals surface area contributed by atoms with E-state index in [0.29, 0.717) is 6.61 Å². The largest absolute Gasteiger partial charge is 0.481 e. The number of esters is 1. The lowest BCUT2D eigenvalue weighted by Gasteiger charge is -2.01. The summed E-state index contributed by atoms with van der Waals surface area (Å²) in [7, 11) is 0. The van der Waals surface area contributed by atoms with E-state index < -0.39 is 5.97 Å². The van der Waals surface area contributed by atoms with Gasteiger partial charge < -0.3 is 15.2 Å². The molecule has 0 aromatic rings. The number of hydrogen-bond donors (Lipinski definition) is 2. The number of rotatable bonds is 6. The molecular formula is C7H14ClNO4. The van der Waals surface area contributed by atoms with Crippen LogP contribution in [0.15, 0.2) is 0 Å². The highest BCUT2D eigenvalue weighted by Crippen LogP contribution is 1.77. The van der Waals surface area contributed by atoms with Gasteiger partial charge in [-0.25, -0.2) is 0 Å². The van der Waals surface area contributed by atoms with Crippen molar-refractivity contribution < 1.29 is 19.4 Å². The van der Waals surface area contributed by atoms with E-state index in [4.69, 9.17) is 5.11 Å². The van der Waals surface area contributed by atoms with E-state index in [2.05, 4.69) is 10.1 Å². The van der Waals surface area contributed by atoms with Crippen LogP contribution >= 0.6 is 12.4 Å². The van der Waals surface area contributed by atoms with Gasteiger partial charge in [-0.2, -0.15) is 0 Å². The standard InChI is InChI=1S/C7H13NO4.ClH/c1-2-12-7(11)5-8-4-3-6(9)10;/h8H,2-5H2,1H3,(H,9,10);1H. The van der Waals surface area contributed by atoms with Crippen LogP contribution in [0.25, 0.3) is 0 Å². The molecule has 13 heavy (non-hydrogen) atoms. The van der Waals surface area contributed by atoms with Crippen LogP contribution in [0.3, 0.4) is 0 Å². The molecule has 0 saturated heterocycles. The zero-order valence-corrected chi connectivity index (χ0v) is 8.23. The minimum atomic E-state index is -0.883. The van der Waals surface area contributed by atoms with Crippen molar-refractivity contribution in [3.8, 4) is 0 Å². The first-order chi connectivity index (χ1) is 5.66. The van der Waals surface area contributed by atoms with Crippen LogP contribution < -0.4 is 5.32 Å². The fourth-order valence-electron chi connectivity index (χ4n) is 0.598. The predicted octanol–water partition coefficient (Wildman–Crippen LogP) is 0.0356. The highest BCUT2D eigenvalue weighted by atomic mass is 35.5. The van der Waals surface area contributed by atoms with Gasteiger partial charge in [0.1, 0.15) is 0 Å². The fraction of sp³-hybridized carbons (Fsp3) is 0.714. The summed E-state index contributed by atoms with van der Waals surface area (Å²) in [6.45, 7) is 2.42. The monoisotopic (exact) mass is 211 g/mol. The normalized spacial score (nSPS) is 8.69. The number of carboxylic acid groups (broad SMARTS) is 1. The quantitative estimate of drug-likeness (QED) is 0.479. The van der Waals surface area contributed by atoms with Gasteiger partial charge in [-0.15, -0.1) is 12.4 Å². The topological polar surface area (TPSA) is 75.6 Å². The van der Waals surface area contributed by atoms with Gasteiger partial charge in [0.25, 0.3) is 0 Å². The highest BCUT2D eigenvalue weighted by Gasteiger charge is 2.00. The van der Waals surface area contributed by atoms with E-state index in [9.17, 15) is 9.59 Å². The molecule has 2 N–H and O–H groups in total. The first-order valence-corrected chi connectivity index (χ1v) is 3.75. The fourth-order valence-corrected chi connectivity index (χ4v) is 0.598.